The van der Waals surface area contributed by atoms with Crippen molar-refractivity contribution in [1.29, 1.82) is 0 Å². The van der Waals surface area contributed by atoms with Gasteiger partial charge < -0.3 is 5.11 Å². The molecular formula is C16H23NO2. The summed E-state index contributed by atoms with van der Waals surface area (Å²) in [6.07, 6.45) is 6.39. The highest BCUT2D eigenvalue weighted by Crippen LogP contribution is 2.35. The molecule has 0 aromatic carbocycles. The fourth-order valence-electron chi connectivity index (χ4n) is 2.06. The molecule has 0 spiro atoms. The van der Waals surface area contributed by atoms with Gasteiger partial charge in [-0.3, -0.25) is 9.79 Å². The Hall–Kier alpha value is -1.64. The lowest BCUT2D eigenvalue weighted by atomic mass is 9.77. The molecule has 3 nitrogen and oxygen atoms in total. The maximum Gasteiger partial charge on any atom is 0.168 e. The first-order valence-electron chi connectivity index (χ1n) is 6.56. The first-order chi connectivity index (χ1) is 8.75. The first kappa shape index (κ1) is 15.4. The maximum atomic E-state index is 12.0. The molecule has 0 atom stereocenters. The summed E-state index contributed by atoms with van der Waals surface area (Å²) in [4.78, 5) is 16.2. The second-order valence-corrected chi connectivity index (χ2v) is 5.88. The van der Waals surface area contributed by atoms with Crippen LogP contribution in [0, 0.1) is 5.41 Å². The standard InChI is InChI=1S/C16H23NO2/c1-6-11(2)7-12(3)17-10-13-14(18)8-16(4,5)9-15(13)19/h6-7,10,18H,8-9H2,1-5H3/b11-6-,12-7+,17-10?. The number of carbonyl (C=O) groups excluding carboxylic acids is 1. The summed E-state index contributed by atoms with van der Waals surface area (Å²) in [7, 11) is 0. The summed E-state index contributed by atoms with van der Waals surface area (Å²) < 4.78 is 0. The number of nitrogens with zero attached hydrogens (tertiary/aromatic N) is 1. The van der Waals surface area contributed by atoms with E-state index in [0.29, 0.717) is 18.4 Å². The molecule has 0 unspecified atom stereocenters. The molecule has 104 valence electrons. The van der Waals surface area contributed by atoms with Crippen LogP contribution in [0.4, 0.5) is 0 Å². The van der Waals surface area contributed by atoms with E-state index in [1.807, 2.05) is 46.8 Å². The zero-order chi connectivity index (χ0) is 14.6. The molecule has 1 N–H and O–H groups in total. The first-order valence-corrected chi connectivity index (χ1v) is 6.56. The number of aliphatic imine (C=N–C) groups is 1. The van der Waals surface area contributed by atoms with Crippen molar-refractivity contribution in [2.24, 2.45) is 10.4 Å². The van der Waals surface area contributed by atoms with Gasteiger partial charge in [-0.1, -0.05) is 25.5 Å². The number of aliphatic hydroxyl groups is 1. The van der Waals surface area contributed by atoms with E-state index in [1.54, 1.807) is 0 Å². The third kappa shape index (κ3) is 4.51. The molecule has 0 saturated carbocycles. The van der Waals surface area contributed by atoms with E-state index in [1.165, 1.54) is 6.21 Å². The van der Waals surface area contributed by atoms with Crippen molar-refractivity contribution in [3.63, 3.8) is 0 Å². The fourth-order valence-corrected chi connectivity index (χ4v) is 2.06. The SMILES string of the molecule is C/C=C(C)\C=C(/C)N=CC1=C(O)CC(C)(C)CC1=O. The number of Topliss-reactive ketones (excluding diaryl/α,β-unsaturated/α-hetero) is 1. The van der Waals surface area contributed by atoms with Crippen molar-refractivity contribution in [2.45, 2.75) is 47.5 Å². The topological polar surface area (TPSA) is 49.7 Å². The van der Waals surface area contributed by atoms with Crippen LogP contribution in [-0.2, 0) is 4.79 Å². The van der Waals surface area contributed by atoms with Gasteiger partial charge in [-0.2, -0.15) is 0 Å². The van der Waals surface area contributed by atoms with Crippen LogP contribution in [0.25, 0.3) is 0 Å². The molecule has 0 radical (unpaired) electrons. The molecule has 0 bridgehead atoms. The van der Waals surface area contributed by atoms with Crippen LogP contribution in [-0.4, -0.2) is 17.1 Å². The van der Waals surface area contributed by atoms with E-state index in [4.69, 9.17) is 0 Å². The third-order valence-corrected chi connectivity index (χ3v) is 3.19. The van der Waals surface area contributed by atoms with Crippen molar-refractivity contribution >= 4 is 12.0 Å². The van der Waals surface area contributed by atoms with Gasteiger partial charge in [0.05, 0.1) is 5.57 Å². The zero-order valence-corrected chi connectivity index (χ0v) is 12.4. The van der Waals surface area contributed by atoms with E-state index in [2.05, 4.69) is 4.99 Å². The lowest BCUT2D eigenvalue weighted by molar-refractivity contribution is -0.117. The minimum atomic E-state index is -0.162. The molecule has 0 aliphatic heterocycles. The highest BCUT2D eigenvalue weighted by atomic mass is 16.3. The summed E-state index contributed by atoms with van der Waals surface area (Å²) in [5, 5.41) is 9.95. The summed E-state index contributed by atoms with van der Waals surface area (Å²) in [6.45, 7) is 9.79. The van der Waals surface area contributed by atoms with E-state index in [0.717, 1.165) is 11.3 Å². The van der Waals surface area contributed by atoms with Gasteiger partial charge in [0.1, 0.15) is 5.76 Å². The molecule has 3 heteroatoms. The Labute approximate surface area is 115 Å². The number of hydrogen-bond donors (Lipinski definition) is 1. The Morgan fingerprint density at radius 2 is 1.95 bits per heavy atom. The van der Waals surface area contributed by atoms with Crippen LogP contribution < -0.4 is 0 Å². The molecule has 0 fully saturated rings. The zero-order valence-electron chi connectivity index (χ0n) is 12.4. The quantitative estimate of drug-likeness (QED) is 0.613. The number of aliphatic hydroxyl groups excluding tert-OH is 1. The molecule has 19 heavy (non-hydrogen) atoms. The maximum absolute atomic E-state index is 12.0. The smallest absolute Gasteiger partial charge is 0.168 e. The molecule has 0 aromatic heterocycles. The van der Waals surface area contributed by atoms with Gasteiger partial charge in [0.2, 0.25) is 0 Å². The third-order valence-electron chi connectivity index (χ3n) is 3.19. The monoisotopic (exact) mass is 261 g/mol. The summed E-state index contributed by atoms with van der Waals surface area (Å²) >= 11 is 0. The van der Waals surface area contributed by atoms with E-state index in [-0.39, 0.29) is 17.0 Å². The van der Waals surface area contributed by atoms with E-state index in [9.17, 15) is 9.90 Å². The predicted octanol–water partition coefficient (Wildman–Crippen LogP) is 4.13. The second kappa shape index (κ2) is 6.00. The van der Waals surface area contributed by atoms with Gasteiger partial charge in [0.25, 0.3) is 0 Å². The molecule has 0 amide bonds. The minimum absolute atomic E-state index is 0.0342. The van der Waals surface area contributed by atoms with Gasteiger partial charge in [-0.05, 0) is 32.3 Å². The number of ketones is 1. The largest absolute Gasteiger partial charge is 0.511 e. The lowest BCUT2D eigenvalue weighted by Crippen LogP contribution is -2.26. The van der Waals surface area contributed by atoms with Crippen LogP contribution >= 0.6 is 0 Å². The van der Waals surface area contributed by atoms with Crippen molar-refractivity contribution in [1.82, 2.24) is 0 Å². The molecule has 0 saturated heterocycles. The molecular weight excluding hydrogens is 238 g/mol. The Bertz CT molecular complexity index is 491. The van der Waals surface area contributed by atoms with Crippen LogP contribution in [0.3, 0.4) is 0 Å². The average Bonchev–Trinajstić information content (AvgIpc) is 2.25. The molecule has 1 aliphatic carbocycles. The van der Waals surface area contributed by atoms with Crippen LogP contribution in [0.1, 0.15) is 47.5 Å². The normalized spacial score (nSPS) is 21.4. The number of hydrogen-bond acceptors (Lipinski definition) is 3. The number of allylic oxidation sites excluding steroid dienone is 6. The van der Waals surface area contributed by atoms with Crippen molar-refractivity contribution in [2.75, 3.05) is 0 Å². The van der Waals surface area contributed by atoms with Gasteiger partial charge in [0, 0.05) is 24.8 Å². The van der Waals surface area contributed by atoms with Gasteiger partial charge >= 0.3 is 0 Å². The van der Waals surface area contributed by atoms with E-state index >= 15 is 0 Å². The van der Waals surface area contributed by atoms with Crippen molar-refractivity contribution in [3.8, 4) is 0 Å². The highest BCUT2D eigenvalue weighted by Gasteiger charge is 2.32. The van der Waals surface area contributed by atoms with E-state index < -0.39 is 0 Å². The number of carbonyl (C=O) groups is 1. The lowest BCUT2D eigenvalue weighted by Gasteiger charge is -2.28. The summed E-state index contributed by atoms with van der Waals surface area (Å²) in [5.41, 5.74) is 2.12. The Morgan fingerprint density at radius 1 is 1.32 bits per heavy atom. The van der Waals surface area contributed by atoms with Crippen LogP contribution in [0.5, 0.6) is 0 Å². The van der Waals surface area contributed by atoms with Crippen LogP contribution in [0.2, 0.25) is 0 Å². The molecule has 1 rings (SSSR count). The summed E-state index contributed by atoms with van der Waals surface area (Å²) in [6, 6.07) is 0. The highest BCUT2D eigenvalue weighted by molar-refractivity contribution is 6.14. The minimum Gasteiger partial charge on any atom is -0.511 e. The Balaban J connectivity index is 2.93. The predicted molar refractivity (Wildman–Crippen MR) is 79.4 cm³/mol. The fraction of sp³-hybridized carbons (Fsp3) is 0.500. The molecule has 1 aliphatic rings. The van der Waals surface area contributed by atoms with Gasteiger partial charge in [-0.15, -0.1) is 0 Å². The van der Waals surface area contributed by atoms with Crippen molar-refractivity contribution < 1.29 is 9.90 Å². The van der Waals surface area contributed by atoms with Gasteiger partial charge in [0.15, 0.2) is 5.78 Å². The molecule has 0 heterocycles. The van der Waals surface area contributed by atoms with Crippen LogP contribution in [0.15, 0.2) is 39.7 Å². The van der Waals surface area contributed by atoms with Crippen molar-refractivity contribution in [3.05, 3.63) is 34.8 Å². The number of rotatable bonds is 3. The Kier molecular flexibility index (Phi) is 4.87. The van der Waals surface area contributed by atoms with Gasteiger partial charge in [-0.25, -0.2) is 0 Å². The average molecular weight is 261 g/mol. The molecule has 0 aromatic rings. The Morgan fingerprint density at radius 3 is 2.47 bits per heavy atom. The summed E-state index contributed by atoms with van der Waals surface area (Å²) in [5.74, 6) is 0.119. The second-order valence-electron chi connectivity index (χ2n) is 5.88.